The Morgan fingerprint density at radius 2 is 2.00 bits per heavy atom. The summed E-state index contributed by atoms with van der Waals surface area (Å²) in [6, 6.07) is 8.41. The normalized spacial score (nSPS) is 10.5. The van der Waals surface area contributed by atoms with Gasteiger partial charge in [-0.15, -0.1) is 0 Å². The Labute approximate surface area is 89.6 Å². The number of nitrogens with one attached hydrogen (secondary N) is 2. The molecule has 3 nitrogen and oxygen atoms in total. The van der Waals surface area contributed by atoms with Crippen molar-refractivity contribution in [1.29, 1.82) is 0 Å². The third-order valence-electron chi connectivity index (χ3n) is 2.40. The van der Waals surface area contributed by atoms with Gasteiger partial charge >= 0.3 is 0 Å². The summed E-state index contributed by atoms with van der Waals surface area (Å²) in [4.78, 5) is 7.49. The van der Waals surface area contributed by atoms with E-state index in [0.717, 1.165) is 23.5 Å². The van der Waals surface area contributed by atoms with Crippen LogP contribution in [0.3, 0.4) is 0 Å². The Morgan fingerprint density at radius 3 is 2.67 bits per heavy atom. The van der Waals surface area contributed by atoms with E-state index < -0.39 is 0 Å². The molecule has 0 radical (unpaired) electrons. The van der Waals surface area contributed by atoms with Crippen molar-refractivity contribution in [3.05, 3.63) is 41.9 Å². The maximum Gasteiger partial charge on any atom is 0.0929 e. The Bertz CT molecular complexity index is 428. The summed E-state index contributed by atoms with van der Waals surface area (Å²) in [6.07, 6.45) is 1.74. The largest absolute Gasteiger partial charge is 0.347 e. The van der Waals surface area contributed by atoms with E-state index >= 15 is 0 Å². The van der Waals surface area contributed by atoms with Gasteiger partial charge < -0.3 is 10.3 Å². The number of imidazole rings is 1. The summed E-state index contributed by atoms with van der Waals surface area (Å²) in [6.45, 7) is 2.89. The molecule has 0 fully saturated rings. The number of nitrogens with zero attached hydrogens (tertiary/aromatic N) is 1. The van der Waals surface area contributed by atoms with Gasteiger partial charge in [-0.25, -0.2) is 4.98 Å². The molecule has 0 saturated heterocycles. The topological polar surface area (TPSA) is 40.7 Å². The minimum atomic E-state index is 0.809. The van der Waals surface area contributed by atoms with Crippen LogP contribution in [0.5, 0.6) is 0 Å². The summed E-state index contributed by atoms with van der Waals surface area (Å²) in [7, 11) is 1.93. The van der Waals surface area contributed by atoms with Gasteiger partial charge in [0.25, 0.3) is 0 Å². The fraction of sp³-hybridized carbons (Fsp3) is 0.250. The fourth-order valence-electron chi connectivity index (χ4n) is 1.59. The van der Waals surface area contributed by atoms with Crippen LogP contribution in [0, 0.1) is 6.92 Å². The molecule has 2 rings (SSSR count). The zero-order chi connectivity index (χ0) is 10.7. The lowest BCUT2D eigenvalue weighted by Crippen LogP contribution is -2.06. The maximum absolute atomic E-state index is 4.34. The monoisotopic (exact) mass is 201 g/mol. The third kappa shape index (κ3) is 2.07. The molecule has 0 aliphatic rings. The van der Waals surface area contributed by atoms with Gasteiger partial charge in [-0.2, -0.15) is 0 Å². The van der Waals surface area contributed by atoms with Crippen molar-refractivity contribution in [3.8, 4) is 11.3 Å². The second-order valence-electron chi connectivity index (χ2n) is 3.63. The van der Waals surface area contributed by atoms with Gasteiger partial charge in [0, 0.05) is 12.1 Å². The van der Waals surface area contributed by atoms with Crippen molar-refractivity contribution in [2.24, 2.45) is 0 Å². The van der Waals surface area contributed by atoms with Crippen LogP contribution in [0.15, 0.2) is 30.6 Å². The molecule has 0 unspecified atom stereocenters. The highest BCUT2D eigenvalue weighted by molar-refractivity contribution is 5.61. The van der Waals surface area contributed by atoms with E-state index in [9.17, 15) is 0 Å². The van der Waals surface area contributed by atoms with Crippen LogP contribution < -0.4 is 5.32 Å². The lowest BCUT2D eigenvalue weighted by molar-refractivity contribution is 0.798. The molecule has 0 bridgehead atoms. The second kappa shape index (κ2) is 4.28. The molecule has 2 aromatic rings. The minimum absolute atomic E-state index is 0.809. The van der Waals surface area contributed by atoms with Gasteiger partial charge in [-0.05, 0) is 14.0 Å². The van der Waals surface area contributed by atoms with Gasteiger partial charge in [-0.3, -0.25) is 0 Å². The van der Waals surface area contributed by atoms with Crippen LogP contribution in [0.1, 0.15) is 11.3 Å². The molecule has 0 spiro atoms. The van der Waals surface area contributed by atoms with Crippen LogP contribution >= 0.6 is 0 Å². The SMILES string of the molecule is CNCc1[nH]cnc1-c1ccc(C)cc1. The van der Waals surface area contributed by atoms with Crippen molar-refractivity contribution in [1.82, 2.24) is 15.3 Å². The van der Waals surface area contributed by atoms with Gasteiger partial charge in [0.1, 0.15) is 0 Å². The standard InChI is InChI=1S/C12H15N3/c1-9-3-5-10(6-4-9)12-11(7-13-2)14-8-15-12/h3-6,8,13H,7H2,1-2H3,(H,14,15). The van der Waals surface area contributed by atoms with Crippen molar-refractivity contribution >= 4 is 0 Å². The van der Waals surface area contributed by atoms with E-state index in [1.807, 2.05) is 7.05 Å². The second-order valence-corrected chi connectivity index (χ2v) is 3.63. The number of H-pyrrole nitrogens is 1. The van der Waals surface area contributed by atoms with Crippen molar-refractivity contribution in [3.63, 3.8) is 0 Å². The van der Waals surface area contributed by atoms with E-state index in [1.165, 1.54) is 5.56 Å². The number of aryl methyl sites for hydroxylation is 1. The molecule has 2 N–H and O–H groups in total. The molecule has 1 heterocycles. The summed E-state index contributed by atoms with van der Waals surface area (Å²) in [5.41, 5.74) is 4.59. The molecule has 1 aromatic carbocycles. The molecule has 0 aliphatic heterocycles. The zero-order valence-electron chi connectivity index (χ0n) is 9.04. The van der Waals surface area contributed by atoms with Gasteiger partial charge in [0.2, 0.25) is 0 Å². The molecule has 0 atom stereocenters. The lowest BCUT2D eigenvalue weighted by Gasteiger charge is -2.02. The van der Waals surface area contributed by atoms with Crippen molar-refractivity contribution < 1.29 is 0 Å². The predicted molar refractivity (Wildman–Crippen MR) is 61.5 cm³/mol. The maximum atomic E-state index is 4.34. The molecule has 78 valence electrons. The van der Waals surface area contributed by atoms with Crippen LogP contribution in [-0.2, 0) is 6.54 Å². The Morgan fingerprint density at radius 1 is 1.27 bits per heavy atom. The molecule has 1 aromatic heterocycles. The molecular weight excluding hydrogens is 186 g/mol. The molecule has 0 saturated carbocycles. The van der Waals surface area contributed by atoms with Crippen LogP contribution in [0.4, 0.5) is 0 Å². The summed E-state index contributed by atoms with van der Waals surface area (Å²) in [5, 5.41) is 3.12. The van der Waals surface area contributed by atoms with E-state index in [0.29, 0.717) is 0 Å². The fourth-order valence-corrected chi connectivity index (χ4v) is 1.59. The number of aromatic amines is 1. The Balaban J connectivity index is 2.36. The van der Waals surface area contributed by atoms with Crippen LogP contribution in [-0.4, -0.2) is 17.0 Å². The van der Waals surface area contributed by atoms with E-state index in [1.54, 1.807) is 6.33 Å². The number of hydrogen-bond donors (Lipinski definition) is 2. The summed E-state index contributed by atoms with van der Waals surface area (Å²) >= 11 is 0. The summed E-state index contributed by atoms with van der Waals surface area (Å²) in [5.74, 6) is 0. The highest BCUT2D eigenvalue weighted by atomic mass is 14.9. The van der Waals surface area contributed by atoms with Crippen molar-refractivity contribution in [2.45, 2.75) is 13.5 Å². The number of benzene rings is 1. The molecule has 0 amide bonds. The first-order chi connectivity index (χ1) is 7.31. The van der Waals surface area contributed by atoms with Gasteiger partial charge in [0.05, 0.1) is 17.7 Å². The summed E-state index contributed by atoms with van der Waals surface area (Å²) < 4.78 is 0. The Hall–Kier alpha value is -1.61. The first-order valence-corrected chi connectivity index (χ1v) is 5.05. The van der Waals surface area contributed by atoms with E-state index in [4.69, 9.17) is 0 Å². The van der Waals surface area contributed by atoms with Crippen LogP contribution in [0.2, 0.25) is 0 Å². The highest BCUT2D eigenvalue weighted by Crippen LogP contribution is 2.20. The third-order valence-corrected chi connectivity index (χ3v) is 2.40. The predicted octanol–water partition coefficient (Wildman–Crippen LogP) is 2.10. The lowest BCUT2D eigenvalue weighted by atomic mass is 10.1. The first-order valence-electron chi connectivity index (χ1n) is 5.05. The van der Waals surface area contributed by atoms with E-state index in [-0.39, 0.29) is 0 Å². The zero-order valence-corrected chi connectivity index (χ0v) is 9.04. The van der Waals surface area contributed by atoms with Crippen molar-refractivity contribution in [2.75, 3.05) is 7.05 Å². The molecule has 0 aliphatic carbocycles. The highest BCUT2D eigenvalue weighted by Gasteiger charge is 2.06. The van der Waals surface area contributed by atoms with Gasteiger partial charge in [-0.1, -0.05) is 29.8 Å². The molecule has 3 heteroatoms. The van der Waals surface area contributed by atoms with Crippen LogP contribution in [0.25, 0.3) is 11.3 Å². The first kappa shape index (κ1) is 9.93. The van der Waals surface area contributed by atoms with Gasteiger partial charge in [0.15, 0.2) is 0 Å². The Kier molecular flexibility index (Phi) is 2.83. The molecule has 15 heavy (non-hydrogen) atoms. The molecular formula is C12H15N3. The minimum Gasteiger partial charge on any atom is -0.347 e. The number of aromatic nitrogens is 2. The average molecular weight is 201 g/mol. The van der Waals surface area contributed by atoms with E-state index in [2.05, 4.69) is 46.5 Å². The quantitative estimate of drug-likeness (QED) is 0.798. The average Bonchev–Trinajstić information content (AvgIpc) is 2.68. The smallest absolute Gasteiger partial charge is 0.0929 e. The number of hydrogen-bond acceptors (Lipinski definition) is 2. The number of rotatable bonds is 3.